The molecule has 0 saturated heterocycles. The number of nitrogens with one attached hydrogen (secondary N) is 1. The first-order chi connectivity index (χ1) is 8.69. The van der Waals surface area contributed by atoms with E-state index in [0.29, 0.717) is 6.04 Å². The van der Waals surface area contributed by atoms with Crippen LogP contribution in [0.3, 0.4) is 0 Å². The van der Waals surface area contributed by atoms with Gasteiger partial charge in [0.2, 0.25) is 0 Å². The van der Waals surface area contributed by atoms with Crippen LogP contribution in [-0.2, 0) is 0 Å². The average Bonchev–Trinajstić information content (AvgIpc) is 2.35. The van der Waals surface area contributed by atoms with Crippen molar-refractivity contribution in [3.05, 3.63) is 24.3 Å². The van der Waals surface area contributed by atoms with E-state index in [1.54, 1.807) is 0 Å². The van der Waals surface area contributed by atoms with Crippen LogP contribution >= 0.6 is 0 Å². The second-order valence-electron chi connectivity index (χ2n) is 5.61. The monoisotopic (exact) mass is 247 g/mol. The van der Waals surface area contributed by atoms with Crippen LogP contribution in [0.15, 0.2) is 24.3 Å². The van der Waals surface area contributed by atoms with Gasteiger partial charge in [-0.3, -0.25) is 0 Å². The van der Waals surface area contributed by atoms with Gasteiger partial charge in [0.05, 0.1) is 6.61 Å². The number of benzene rings is 1. The molecule has 0 heterocycles. The maximum atomic E-state index is 5.54. The summed E-state index contributed by atoms with van der Waals surface area (Å²) in [5.74, 6) is 2.56. The smallest absolute Gasteiger partial charge is 0.121 e. The van der Waals surface area contributed by atoms with Gasteiger partial charge < -0.3 is 10.1 Å². The Labute approximate surface area is 111 Å². The lowest BCUT2D eigenvalue weighted by Crippen LogP contribution is -2.33. The summed E-state index contributed by atoms with van der Waals surface area (Å²) in [6.07, 6.45) is 3.99. The van der Waals surface area contributed by atoms with Gasteiger partial charge in [0.15, 0.2) is 0 Å². The maximum absolute atomic E-state index is 5.54. The molecule has 3 atom stereocenters. The highest BCUT2D eigenvalue weighted by molar-refractivity contribution is 5.49. The van der Waals surface area contributed by atoms with Crippen LogP contribution in [0.1, 0.15) is 40.0 Å². The summed E-state index contributed by atoms with van der Waals surface area (Å²) in [6, 6.07) is 8.92. The van der Waals surface area contributed by atoms with E-state index in [-0.39, 0.29) is 0 Å². The van der Waals surface area contributed by atoms with Gasteiger partial charge in [0, 0.05) is 17.8 Å². The van der Waals surface area contributed by atoms with E-state index in [4.69, 9.17) is 4.74 Å². The summed E-state index contributed by atoms with van der Waals surface area (Å²) >= 11 is 0. The quantitative estimate of drug-likeness (QED) is 0.855. The first kappa shape index (κ1) is 13.3. The molecular weight excluding hydrogens is 222 g/mol. The predicted molar refractivity (Wildman–Crippen MR) is 77.2 cm³/mol. The lowest BCUT2D eigenvalue weighted by atomic mass is 9.80. The lowest BCUT2D eigenvalue weighted by molar-refractivity contribution is 0.280. The SMILES string of the molecule is CCOc1cccc(NC2CC(C)CCC2C)c1. The molecule has 0 aliphatic heterocycles. The summed E-state index contributed by atoms with van der Waals surface area (Å²) in [6.45, 7) is 7.46. The Bertz CT molecular complexity index is 377. The summed E-state index contributed by atoms with van der Waals surface area (Å²) in [5, 5.41) is 3.68. The molecule has 1 fully saturated rings. The molecule has 2 nitrogen and oxygen atoms in total. The Balaban J connectivity index is 2.01. The third-order valence-corrected chi connectivity index (χ3v) is 3.96. The molecule has 0 radical (unpaired) electrons. The molecule has 1 saturated carbocycles. The minimum absolute atomic E-state index is 0.602. The second kappa shape index (κ2) is 6.12. The predicted octanol–water partition coefficient (Wildman–Crippen LogP) is 4.32. The topological polar surface area (TPSA) is 21.3 Å². The summed E-state index contributed by atoms with van der Waals surface area (Å²) in [7, 11) is 0. The molecule has 1 aliphatic rings. The molecule has 1 N–H and O–H groups in total. The minimum Gasteiger partial charge on any atom is -0.494 e. The Hall–Kier alpha value is -1.18. The van der Waals surface area contributed by atoms with Gasteiger partial charge in [0.25, 0.3) is 0 Å². The van der Waals surface area contributed by atoms with Crippen molar-refractivity contribution in [2.24, 2.45) is 11.8 Å². The van der Waals surface area contributed by atoms with Crippen LogP contribution in [0.4, 0.5) is 5.69 Å². The largest absolute Gasteiger partial charge is 0.494 e. The van der Waals surface area contributed by atoms with Gasteiger partial charge in [-0.1, -0.05) is 26.3 Å². The number of ether oxygens (including phenoxy) is 1. The van der Waals surface area contributed by atoms with Gasteiger partial charge >= 0.3 is 0 Å². The number of rotatable bonds is 4. The van der Waals surface area contributed by atoms with E-state index in [0.717, 1.165) is 24.2 Å². The fourth-order valence-electron chi connectivity index (χ4n) is 2.79. The number of anilines is 1. The maximum Gasteiger partial charge on any atom is 0.121 e. The highest BCUT2D eigenvalue weighted by atomic mass is 16.5. The molecule has 2 heteroatoms. The highest BCUT2D eigenvalue weighted by Gasteiger charge is 2.25. The molecule has 2 rings (SSSR count). The van der Waals surface area contributed by atoms with Crippen LogP contribution in [0.5, 0.6) is 5.75 Å². The third-order valence-electron chi connectivity index (χ3n) is 3.96. The Morgan fingerprint density at radius 1 is 1.28 bits per heavy atom. The van der Waals surface area contributed by atoms with E-state index >= 15 is 0 Å². The van der Waals surface area contributed by atoms with Crippen molar-refractivity contribution in [2.75, 3.05) is 11.9 Å². The Morgan fingerprint density at radius 3 is 2.89 bits per heavy atom. The van der Waals surface area contributed by atoms with Crippen LogP contribution in [0.2, 0.25) is 0 Å². The summed E-state index contributed by atoms with van der Waals surface area (Å²) < 4.78 is 5.54. The van der Waals surface area contributed by atoms with Crippen LogP contribution < -0.4 is 10.1 Å². The van der Waals surface area contributed by atoms with E-state index in [1.807, 2.05) is 13.0 Å². The zero-order chi connectivity index (χ0) is 13.0. The molecular formula is C16H25NO. The van der Waals surface area contributed by atoms with Crippen molar-refractivity contribution in [1.82, 2.24) is 0 Å². The van der Waals surface area contributed by atoms with Crippen molar-refractivity contribution in [3.8, 4) is 5.75 Å². The van der Waals surface area contributed by atoms with Gasteiger partial charge in [0.1, 0.15) is 5.75 Å². The second-order valence-corrected chi connectivity index (χ2v) is 5.61. The fraction of sp³-hybridized carbons (Fsp3) is 0.625. The Kier molecular flexibility index (Phi) is 4.51. The highest BCUT2D eigenvalue weighted by Crippen LogP contribution is 2.31. The first-order valence-corrected chi connectivity index (χ1v) is 7.18. The normalized spacial score (nSPS) is 27.8. The van der Waals surface area contributed by atoms with Crippen molar-refractivity contribution in [2.45, 2.75) is 46.1 Å². The van der Waals surface area contributed by atoms with Gasteiger partial charge in [-0.05, 0) is 43.7 Å². The number of hydrogen-bond donors (Lipinski definition) is 1. The molecule has 100 valence electrons. The average molecular weight is 247 g/mol. The van der Waals surface area contributed by atoms with E-state index < -0.39 is 0 Å². The van der Waals surface area contributed by atoms with E-state index in [9.17, 15) is 0 Å². The molecule has 0 bridgehead atoms. The van der Waals surface area contributed by atoms with E-state index in [2.05, 4.69) is 37.4 Å². The molecule has 0 aromatic heterocycles. The van der Waals surface area contributed by atoms with Crippen molar-refractivity contribution in [1.29, 1.82) is 0 Å². The molecule has 1 aromatic rings. The van der Waals surface area contributed by atoms with Gasteiger partial charge in [-0.2, -0.15) is 0 Å². The van der Waals surface area contributed by atoms with Crippen molar-refractivity contribution >= 4 is 5.69 Å². The van der Waals surface area contributed by atoms with Crippen LogP contribution in [0.25, 0.3) is 0 Å². The zero-order valence-electron chi connectivity index (χ0n) is 11.8. The fourth-order valence-corrected chi connectivity index (χ4v) is 2.79. The number of hydrogen-bond acceptors (Lipinski definition) is 2. The molecule has 1 aromatic carbocycles. The Morgan fingerprint density at radius 2 is 2.11 bits per heavy atom. The lowest BCUT2D eigenvalue weighted by Gasteiger charge is -2.34. The van der Waals surface area contributed by atoms with Crippen molar-refractivity contribution < 1.29 is 4.74 Å². The van der Waals surface area contributed by atoms with Crippen molar-refractivity contribution in [3.63, 3.8) is 0 Å². The molecule has 3 unspecified atom stereocenters. The van der Waals surface area contributed by atoms with E-state index in [1.165, 1.54) is 24.9 Å². The molecule has 0 spiro atoms. The summed E-state index contributed by atoms with van der Waals surface area (Å²) in [5.41, 5.74) is 1.19. The van der Waals surface area contributed by atoms with Crippen LogP contribution in [0, 0.1) is 11.8 Å². The van der Waals surface area contributed by atoms with Gasteiger partial charge in [-0.25, -0.2) is 0 Å². The molecule has 18 heavy (non-hydrogen) atoms. The van der Waals surface area contributed by atoms with Crippen LogP contribution in [-0.4, -0.2) is 12.6 Å². The standard InChI is InChI=1S/C16H25NO/c1-4-18-15-7-5-6-14(11-15)17-16-10-12(2)8-9-13(16)3/h5-7,11-13,16-17H,4,8-10H2,1-3H3. The zero-order valence-corrected chi connectivity index (χ0v) is 11.8. The molecule has 0 amide bonds. The van der Waals surface area contributed by atoms with Gasteiger partial charge in [-0.15, -0.1) is 0 Å². The molecule has 1 aliphatic carbocycles. The third kappa shape index (κ3) is 3.41. The summed E-state index contributed by atoms with van der Waals surface area (Å²) in [4.78, 5) is 0. The minimum atomic E-state index is 0.602. The first-order valence-electron chi connectivity index (χ1n) is 7.18.